The highest BCUT2D eigenvalue weighted by Gasteiger charge is 2.32. The Labute approximate surface area is 116 Å². The van der Waals surface area contributed by atoms with Gasteiger partial charge in [-0.25, -0.2) is 8.42 Å². The van der Waals surface area contributed by atoms with Crippen LogP contribution >= 0.6 is 23.2 Å². The standard InChI is InChI=1S/C11H14Cl2O4S/c1-2-18(16,17)10(6-14)11(15)8-4-3-7(12)5-9(8)13/h3-5,10-11,14-15H,2,6H2,1H3/t10-,11+/m1/s1. The van der Waals surface area contributed by atoms with Gasteiger partial charge in [-0.1, -0.05) is 36.2 Å². The number of benzene rings is 1. The maximum atomic E-state index is 11.7. The van der Waals surface area contributed by atoms with Crippen molar-refractivity contribution in [2.75, 3.05) is 12.4 Å². The zero-order chi connectivity index (χ0) is 13.9. The van der Waals surface area contributed by atoms with Gasteiger partial charge in [0.25, 0.3) is 0 Å². The Kier molecular flexibility index (Phi) is 5.43. The maximum Gasteiger partial charge on any atom is 0.158 e. The smallest absolute Gasteiger partial charge is 0.158 e. The highest BCUT2D eigenvalue weighted by atomic mass is 35.5. The molecule has 102 valence electrons. The van der Waals surface area contributed by atoms with Crippen LogP contribution in [0.4, 0.5) is 0 Å². The molecule has 0 aliphatic heterocycles. The molecule has 0 saturated heterocycles. The predicted molar refractivity (Wildman–Crippen MR) is 71.8 cm³/mol. The summed E-state index contributed by atoms with van der Waals surface area (Å²) >= 11 is 11.6. The topological polar surface area (TPSA) is 74.6 Å². The van der Waals surface area contributed by atoms with Crippen molar-refractivity contribution in [2.24, 2.45) is 0 Å². The van der Waals surface area contributed by atoms with Gasteiger partial charge in [0, 0.05) is 21.4 Å². The molecule has 0 unspecified atom stereocenters. The van der Waals surface area contributed by atoms with E-state index in [1.54, 1.807) is 0 Å². The summed E-state index contributed by atoms with van der Waals surface area (Å²) in [5, 5.41) is 18.5. The Bertz CT molecular complexity index is 516. The minimum absolute atomic E-state index is 0.166. The lowest BCUT2D eigenvalue weighted by molar-refractivity contribution is 0.138. The van der Waals surface area contributed by atoms with Crippen LogP contribution in [-0.2, 0) is 9.84 Å². The van der Waals surface area contributed by atoms with Crippen LogP contribution in [0.1, 0.15) is 18.6 Å². The van der Waals surface area contributed by atoms with Gasteiger partial charge in [-0.15, -0.1) is 0 Å². The van der Waals surface area contributed by atoms with E-state index in [0.717, 1.165) is 0 Å². The fraction of sp³-hybridized carbons (Fsp3) is 0.455. The average molecular weight is 313 g/mol. The Balaban J connectivity index is 3.15. The third kappa shape index (κ3) is 3.36. The number of hydrogen-bond acceptors (Lipinski definition) is 4. The van der Waals surface area contributed by atoms with E-state index in [-0.39, 0.29) is 16.3 Å². The van der Waals surface area contributed by atoms with E-state index in [1.165, 1.54) is 25.1 Å². The van der Waals surface area contributed by atoms with E-state index in [9.17, 15) is 13.5 Å². The van der Waals surface area contributed by atoms with Crippen molar-refractivity contribution in [1.82, 2.24) is 0 Å². The number of sulfone groups is 1. The van der Waals surface area contributed by atoms with Crippen LogP contribution in [0, 0.1) is 0 Å². The minimum atomic E-state index is -3.58. The Morgan fingerprint density at radius 2 is 1.94 bits per heavy atom. The van der Waals surface area contributed by atoms with Gasteiger partial charge in [0.2, 0.25) is 0 Å². The average Bonchev–Trinajstić information content (AvgIpc) is 2.29. The summed E-state index contributed by atoms with van der Waals surface area (Å²) in [4.78, 5) is 0. The number of hydrogen-bond donors (Lipinski definition) is 2. The summed E-state index contributed by atoms with van der Waals surface area (Å²) < 4.78 is 23.5. The van der Waals surface area contributed by atoms with E-state index in [4.69, 9.17) is 28.3 Å². The quantitative estimate of drug-likeness (QED) is 0.869. The molecule has 0 heterocycles. The molecule has 18 heavy (non-hydrogen) atoms. The van der Waals surface area contributed by atoms with Crippen LogP contribution in [0.2, 0.25) is 10.0 Å². The van der Waals surface area contributed by atoms with E-state index in [1.807, 2.05) is 0 Å². The normalized spacial score (nSPS) is 15.4. The number of aliphatic hydroxyl groups excluding tert-OH is 2. The molecule has 1 aromatic carbocycles. The molecule has 2 N–H and O–H groups in total. The first-order valence-electron chi connectivity index (χ1n) is 5.29. The SMILES string of the molecule is CCS(=O)(=O)[C@H](CO)[C@@H](O)c1ccc(Cl)cc1Cl. The van der Waals surface area contributed by atoms with Crippen molar-refractivity contribution in [3.63, 3.8) is 0 Å². The van der Waals surface area contributed by atoms with Gasteiger partial charge >= 0.3 is 0 Å². The van der Waals surface area contributed by atoms with E-state index >= 15 is 0 Å². The molecule has 0 aromatic heterocycles. The summed E-state index contributed by atoms with van der Waals surface area (Å²) in [6, 6.07) is 4.36. The molecule has 2 atom stereocenters. The summed E-state index contributed by atoms with van der Waals surface area (Å²) in [5.41, 5.74) is 0.233. The maximum absolute atomic E-state index is 11.7. The van der Waals surface area contributed by atoms with Crippen molar-refractivity contribution < 1.29 is 18.6 Å². The second-order valence-electron chi connectivity index (χ2n) is 3.78. The van der Waals surface area contributed by atoms with Crippen LogP contribution in [-0.4, -0.2) is 36.2 Å². The first-order chi connectivity index (χ1) is 8.33. The molecule has 4 nitrogen and oxygen atoms in total. The summed E-state index contributed by atoms with van der Waals surface area (Å²) in [6.07, 6.45) is -1.38. The van der Waals surface area contributed by atoms with Gasteiger partial charge in [0.1, 0.15) is 5.25 Å². The number of rotatable bonds is 5. The third-order valence-corrected chi connectivity index (χ3v) is 5.37. The Morgan fingerprint density at radius 3 is 2.39 bits per heavy atom. The number of halogens is 2. The second kappa shape index (κ2) is 6.21. The fourth-order valence-electron chi connectivity index (χ4n) is 1.57. The molecule has 0 amide bonds. The zero-order valence-electron chi connectivity index (χ0n) is 9.68. The third-order valence-electron chi connectivity index (χ3n) is 2.68. The van der Waals surface area contributed by atoms with Gasteiger partial charge in [-0.3, -0.25) is 0 Å². The molecule has 1 rings (SSSR count). The predicted octanol–water partition coefficient (Wildman–Crippen LogP) is 1.82. The molecule has 0 spiro atoms. The summed E-state index contributed by atoms with van der Waals surface area (Å²) in [7, 11) is -3.58. The molecular weight excluding hydrogens is 299 g/mol. The molecule has 0 aliphatic rings. The molecule has 7 heteroatoms. The largest absolute Gasteiger partial charge is 0.395 e. The van der Waals surface area contributed by atoms with Crippen molar-refractivity contribution in [3.8, 4) is 0 Å². The highest BCUT2D eigenvalue weighted by Crippen LogP contribution is 2.30. The molecule has 0 fully saturated rings. The van der Waals surface area contributed by atoms with Gasteiger partial charge < -0.3 is 10.2 Å². The lowest BCUT2D eigenvalue weighted by Gasteiger charge is -2.21. The van der Waals surface area contributed by atoms with E-state index in [0.29, 0.717) is 5.02 Å². The highest BCUT2D eigenvalue weighted by molar-refractivity contribution is 7.92. The van der Waals surface area contributed by atoms with Crippen LogP contribution in [0.3, 0.4) is 0 Å². The zero-order valence-corrected chi connectivity index (χ0v) is 12.0. The molecule has 0 radical (unpaired) electrons. The van der Waals surface area contributed by atoms with Crippen LogP contribution in [0.5, 0.6) is 0 Å². The summed E-state index contributed by atoms with van der Waals surface area (Å²) in [5.74, 6) is -0.166. The molecule has 1 aromatic rings. The Hall–Kier alpha value is -0.330. The van der Waals surface area contributed by atoms with Gasteiger partial charge in [-0.2, -0.15) is 0 Å². The first kappa shape index (κ1) is 15.7. The lowest BCUT2D eigenvalue weighted by atomic mass is 10.1. The van der Waals surface area contributed by atoms with Gasteiger partial charge in [0.05, 0.1) is 12.7 Å². The monoisotopic (exact) mass is 312 g/mol. The van der Waals surface area contributed by atoms with Crippen molar-refractivity contribution in [1.29, 1.82) is 0 Å². The Morgan fingerprint density at radius 1 is 1.33 bits per heavy atom. The van der Waals surface area contributed by atoms with Crippen molar-refractivity contribution in [3.05, 3.63) is 33.8 Å². The molecular formula is C11H14Cl2O4S. The van der Waals surface area contributed by atoms with Gasteiger partial charge in [0.15, 0.2) is 9.84 Å². The second-order valence-corrected chi connectivity index (χ2v) is 7.14. The van der Waals surface area contributed by atoms with E-state index < -0.39 is 27.8 Å². The van der Waals surface area contributed by atoms with Crippen LogP contribution in [0.25, 0.3) is 0 Å². The first-order valence-corrected chi connectivity index (χ1v) is 7.76. The van der Waals surface area contributed by atoms with Crippen LogP contribution < -0.4 is 0 Å². The molecule has 0 aliphatic carbocycles. The van der Waals surface area contributed by atoms with Crippen molar-refractivity contribution >= 4 is 33.0 Å². The number of aliphatic hydroxyl groups is 2. The van der Waals surface area contributed by atoms with Gasteiger partial charge in [-0.05, 0) is 12.1 Å². The van der Waals surface area contributed by atoms with Crippen LogP contribution in [0.15, 0.2) is 18.2 Å². The molecule has 0 saturated carbocycles. The van der Waals surface area contributed by atoms with Crippen molar-refractivity contribution in [2.45, 2.75) is 18.3 Å². The van der Waals surface area contributed by atoms with E-state index in [2.05, 4.69) is 0 Å². The fourth-order valence-corrected chi connectivity index (χ4v) is 3.28. The summed E-state index contributed by atoms with van der Waals surface area (Å²) in [6.45, 7) is 0.782. The minimum Gasteiger partial charge on any atom is -0.395 e. The molecule has 0 bridgehead atoms. The lowest BCUT2D eigenvalue weighted by Crippen LogP contribution is -2.33.